The number of carbonyl (C=O) groups excluding carboxylic acids is 1. The van der Waals surface area contributed by atoms with Crippen LogP contribution in [0.4, 0.5) is 0 Å². The minimum atomic E-state index is 0.112. The third-order valence-electron chi connectivity index (χ3n) is 4.80. The Balaban J connectivity index is 1.66. The van der Waals surface area contributed by atoms with Gasteiger partial charge in [-0.05, 0) is 70.9 Å². The summed E-state index contributed by atoms with van der Waals surface area (Å²) < 4.78 is 0. The summed E-state index contributed by atoms with van der Waals surface area (Å²) in [5.74, 6) is 0.331. The zero-order chi connectivity index (χ0) is 16.4. The normalized spacial score (nSPS) is 17.5. The summed E-state index contributed by atoms with van der Waals surface area (Å²) in [6, 6.07) is 6.53. The molecule has 0 fully saturated rings. The Morgan fingerprint density at radius 2 is 2.22 bits per heavy atom. The minimum Gasteiger partial charge on any atom is -0.358 e. The molecule has 4 heteroatoms. The van der Waals surface area contributed by atoms with Crippen molar-refractivity contribution in [2.45, 2.75) is 32.6 Å². The topological polar surface area (TPSA) is 48.1 Å². The fourth-order valence-electron chi connectivity index (χ4n) is 3.51. The number of hydrogen-bond acceptors (Lipinski definition) is 2. The summed E-state index contributed by atoms with van der Waals surface area (Å²) in [4.78, 5) is 18.1. The Hall–Kier alpha value is -1.81. The average molecular weight is 313 g/mol. The molecular formula is C19H27N3O. The Bertz CT molecular complexity index is 702. The Morgan fingerprint density at radius 1 is 1.39 bits per heavy atom. The van der Waals surface area contributed by atoms with Crippen LogP contribution in [0.15, 0.2) is 18.2 Å². The van der Waals surface area contributed by atoms with Crippen molar-refractivity contribution in [1.82, 2.24) is 15.2 Å². The number of amides is 1. The molecule has 0 spiro atoms. The maximum absolute atomic E-state index is 12.4. The predicted octanol–water partition coefficient (Wildman–Crippen LogP) is 2.65. The Labute approximate surface area is 138 Å². The van der Waals surface area contributed by atoms with E-state index in [4.69, 9.17) is 0 Å². The van der Waals surface area contributed by atoms with Gasteiger partial charge in [-0.25, -0.2) is 0 Å². The van der Waals surface area contributed by atoms with E-state index >= 15 is 0 Å². The van der Waals surface area contributed by atoms with Crippen LogP contribution in [-0.2, 0) is 17.6 Å². The van der Waals surface area contributed by atoms with E-state index in [1.54, 1.807) is 0 Å². The molecule has 1 heterocycles. The van der Waals surface area contributed by atoms with E-state index in [1.807, 2.05) is 0 Å². The molecule has 0 aliphatic heterocycles. The van der Waals surface area contributed by atoms with Gasteiger partial charge in [0.25, 0.3) is 0 Å². The van der Waals surface area contributed by atoms with Gasteiger partial charge in [0.2, 0.25) is 5.91 Å². The molecule has 2 N–H and O–H groups in total. The molecule has 1 aliphatic carbocycles. The molecule has 3 rings (SSSR count). The zero-order valence-electron chi connectivity index (χ0n) is 14.4. The van der Waals surface area contributed by atoms with Gasteiger partial charge in [-0.2, -0.15) is 0 Å². The van der Waals surface area contributed by atoms with Gasteiger partial charge in [-0.15, -0.1) is 0 Å². The quantitative estimate of drug-likeness (QED) is 0.834. The molecule has 1 aromatic carbocycles. The summed E-state index contributed by atoms with van der Waals surface area (Å²) >= 11 is 0. The van der Waals surface area contributed by atoms with E-state index in [0.29, 0.717) is 0 Å². The van der Waals surface area contributed by atoms with Gasteiger partial charge in [0, 0.05) is 29.1 Å². The highest BCUT2D eigenvalue weighted by Crippen LogP contribution is 2.32. The number of aromatic amines is 1. The van der Waals surface area contributed by atoms with Gasteiger partial charge in [-0.3, -0.25) is 4.79 Å². The van der Waals surface area contributed by atoms with Crippen molar-refractivity contribution >= 4 is 16.8 Å². The largest absolute Gasteiger partial charge is 0.358 e. The maximum atomic E-state index is 12.4. The van der Waals surface area contributed by atoms with Crippen LogP contribution in [0.3, 0.4) is 0 Å². The highest BCUT2D eigenvalue weighted by molar-refractivity contribution is 5.87. The maximum Gasteiger partial charge on any atom is 0.223 e. The summed E-state index contributed by atoms with van der Waals surface area (Å²) in [6.07, 6.45) is 3.78. The van der Waals surface area contributed by atoms with Gasteiger partial charge in [0.15, 0.2) is 0 Å². The lowest BCUT2D eigenvalue weighted by atomic mass is 9.85. The van der Waals surface area contributed by atoms with Crippen molar-refractivity contribution in [3.05, 3.63) is 35.0 Å². The molecule has 23 heavy (non-hydrogen) atoms. The van der Waals surface area contributed by atoms with E-state index < -0.39 is 0 Å². The van der Waals surface area contributed by atoms with Gasteiger partial charge in [0.1, 0.15) is 0 Å². The van der Waals surface area contributed by atoms with E-state index in [2.05, 4.69) is 54.4 Å². The molecule has 2 aromatic rings. The molecule has 0 radical (unpaired) electrons. The third-order valence-corrected chi connectivity index (χ3v) is 4.80. The van der Waals surface area contributed by atoms with Gasteiger partial charge in [-0.1, -0.05) is 11.6 Å². The zero-order valence-corrected chi connectivity index (χ0v) is 14.4. The van der Waals surface area contributed by atoms with Gasteiger partial charge >= 0.3 is 0 Å². The molecule has 1 aliphatic rings. The van der Waals surface area contributed by atoms with Crippen molar-refractivity contribution < 1.29 is 4.79 Å². The SMILES string of the molecule is Cc1ccc2[nH]c3c(c2c1)CC(C(=O)NCCCN(C)C)CC3. The molecule has 1 aromatic heterocycles. The monoisotopic (exact) mass is 313 g/mol. The van der Waals surface area contributed by atoms with Crippen molar-refractivity contribution in [2.24, 2.45) is 5.92 Å². The number of H-pyrrole nitrogens is 1. The number of nitrogens with zero attached hydrogens (tertiary/aromatic N) is 1. The molecule has 0 bridgehead atoms. The molecular weight excluding hydrogens is 286 g/mol. The standard InChI is InChI=1S/C19H27N3O/c1-13-5-7-17-15(11-13)16-12-14(6-8-18(16)21-17)19(23)20-9-4-10-22(2)3/h5,7,11,14,21H,4,6,8-10,12H2,1-3H3,(H,20,23). The minimum absolute atomic E-state index is 0.112. The number of rotatable bonds is 5. The first-order valence-corrected chi connectivity index (χ1v) is 8.57. The number of hydrogen-bond donors (Lipinski definition) is 2. The molecule has 4 nitrogen and oxygen atoms in total. The smallest absolute Gasteiger partial charge is 0.223 e. The fraction of sp³-hybridized carbons (Fsp3) is 0.526. The predicted molar refractivity (Wildman–Crippen MR) is 94.7 cm³/mol. The van der Waals surface area contributed by atoms with Crippen LogP contribution in [0.5, 0.6) is 0 Å². The lowest BCUT2D eigenvalue weighted by Gasteiger charge is -2.22. The number of aromatic nitrogens is 1. The van der Waals surface area contributed by atoms with Crippen LogP contribution < -0.4 is 5.32 Å². The lowest BCUT2D eigenvalue weighted by molar-refractivity contribution is -0.125. The van der Waals surface area contributed by atoms with Crippen LogP contribution >= 0.6 is 0 Å². The van der Waals surface area contributed by atoms with Crippen molar-refractivity contribution in [3.63, 3.8) is 0 Å². The first kappa shape index (κ1) is 16.1. The molecule has 1 amide bonds. The van der Waals surface area contributed by atoms with Gasteiger partial charge in [0.05, 0.1) is 0 Å². The molecule has 124 valence electrons. The van der Waals surface area contributed by atoms with Crippen LogP contribution in [0.1, 0.15) is 29.7 Å². The summed E-state index contributed by atoms with van der Waals surface area (Å²) in [7, 11) is 4.12. The van der Waals surface area contributed by atoms with E-state index in [9.17, 15) is 4.79 Å². The second-order valence-corrected chi connectivity index (χ2v) is 7.02. The summed E-state index contributed by atoms with van der Waals surface area (Å²) in [5, 5.41) is 4.41. The van der Waals surface area contributed by atoms with Crippen LogP contribution in [-0.4, -0.2) is 43.0 Å². The number of carbonyl (C=O) groups is 1. The van der Waals surface area contributed by atoms with E-state index in [1.165, 1.54) is 27.7 Å². The van der Waals surface area contributed by atoms with Gasteiger partial charge < -0.3 is 15.2 Å². The van der Waals surface area contributed by atoms with Crippen LogP contribution in [0.2, 0.25) is 0 Å². The average Bonchev–Trinajstić information content (AvgIpc) is 2.88. The summed E-state index contributed by atoms with van der Waals surface area (Å²) in [6.45, 7) is 3.90. The number of aryl methyl sites for hydroxylation is 2. The van der Waals surface area contributed by atoms with Crippen molar-refractivity contribution in [3.8, 4) is 0 Å². The lowest BCUT2D eigenvalue weighted by Crippen LogP contribution is -2.35. The Morgan fingerprint density at radius 3 is 3.00 bits per heavy atom. The van der Waals surface area contributed by atoms with Crippen molar-refractivity contribution in [1.29, 1.82) is 0 Å². The first-order chi connectivity index (χ1) is 11.0. The second-order valence-electron chi connectivity index (χ2n) is 7.02. The second kappa shape index (κ2) is 6.75. The molecule has 0 saturated heterocycles. The Kier molecular flexibility index (Phi) is 4.71. The van der Waals surface area contributed by atoms with E-state index in [0.717, 1.165) is 38.8 Å². The highest BCUT2D eigenvalue weighted by atomic mass is 16.1. The van der Waals surface area contributed by atoms with E-state index in [-0.39, 0.29) is 11.8 Å². The summed E-state index contributed by atoms with van der Waals surface area (Å²) in [5.41, 5.74) is 5.15. The third kappa shape index (κ3) is 3.58. The molecule has 0 saturated carbocycles. The highest BCUT2D eigenvalue weighted by Gasteiger charge is 2.27. The number of nitrogens with one attached hydrogen (secondary N) is 2. The fourth-order valence-corrected chi connectivity index (χ4v) is 3.51. The van der Waals surface area contributed by atoms with Crippen LogP contribution in [0, 0.1) is 12.8 Å². The first-order valence-electron chi connectivity index (χ1n) is 8.57. The molecule has 1 atom stereocenters. The van der Waals surface area contributed by atoms with Crippen LogP contribution in [0.25, 0.3) is 10.9 Å². The number of benzene rings is 1. The number of fused-ring (bicyclic) bond motifs is 3. The van der Waals surface area contributed by atoms with Crippen molar-refractivity contribution in [2.75, 3.05) is 27.2 Å². The molecule has 1 unspecified atom stereocenters.